The Morgan fingerprint density at radius 2 is 1.50 bits per heavy atom. The van der Waals surface area contributed by atoms with Crippen LogP contribution in [0.4, 0.5) is 0 Å². The van der Waals surface area contributed by atoms with Crippen LogP contribution in [0.1, 0.15) is 26.3 Å². The molecule has 0 bridgehead atoms. The second-order valence-corrected chi connectivity index (χ2v) is 4.87. The van der Waals surface area contributed by atoms with Crippen LogP contribution in [-0.4, -0.2) is 21.9 Å². The third-order valence-electron chi connectivity index (χ3n) is 2.77. The van der Waals surface area contributed by atoms with Crippen molar-refractivity contribution in [1.82, 2.24) is 21.2 Å². The van der Waals surface area contributed by atoms with Gasteiger partial charge in [-0.05, 0) is 43.4 Å². The van der Waals surface area contributed by atoms with Gasteiger partial charge >= 0.3 is 0 Å². The number of nitrogens with one attached hydrogen (secondary N) is 3. The highest BCUT2D eigenvalue weighted by Gasteiger charge is 2.09. The summed E-state index contributed by atoms with van der Waals surface area (Å²) in [5.74, 6) is -0.731. The summed E-state index contributed by atoms with van der Waals surface area (Å²) in [5, 5.41) is 2.48. The molecule has 0 saturated carbocycles. The Hall–Kier alpha value is -2.80. The zero-order chi connectivity index (χ0) is 15.9. The van der Waals surface area contributed by atoms with Gasteiger partial charge in [0.2, 0.25) is 0 Å². The van der Waals surface area contributed by atoms with Gasteiger partial charge in [0.05, 0.1) is 0 Å². The van der Waals surface area contributed by atoms with Gasteiger partial charge in [0.1, 0.15) is 0 Å². The van der Waals surface area contributed by atoms with E-state index in [4.69, 9.17) is 12.2 Å². The predicted octanol–water partition coefficient (Wildman–Crippen LogP) is 1.34. The molecule has 0 radical (unpaired) electrons. The van der Waals surface area contributed by atoms with E-state index in [9.17, 15) is 9.59 Å². The molecule has 1 aromatic carbocycles. The van der Waals surface area contributed by atoms with Gasteiger partial charge in [-0.1, -0.05) is 17.7 Å². The van der Waals surface area contributed by atoms with Gasteiger partial charge in [-0.3, -0.25) is 30.7 Å². The number of benzene rings is 1. The lowest BCUT2D eigenvalue weighted by Crippen LogP contribution is -2.48. The van der Waals surface area contributed by atoms with E-state index < -0.39 is 0 Å². The Kier molecular flexibility index (Phi) is 5.16. The molecule has 2 aromatic rings. The van der Waals surface area contributed by atoms with Gasteiger partial charge in [-0.2, -0.15) is 0 Å². The van der Waals surface area contributed by atoms with Crippen molar-refractivity contribution in [3.05, 3.63) is 65.5 Å². The van der Waals surface area contributed by atoms with Crippen LogP contribution in [0.25, 0.3) is 0 Å². The predicted molar refractivity (Wildman–Crippen MR) is 86.1 cm³/mol. The molecular formula is C15H14N4O2S. The zero-order valence-corrected chi connectivity index (χ0v) is 12.6. The molecular weight excluding hydrogens is 300 g/mol. The highest BCUT2D eigenvalue weighted by Crippen LogP contribution is 2.02. The highest BCUT2D eigenvalue weighted by atomic mass is 32.1. The molecule has 3 N–H and O–H groups in total. The summed E-state index contributed by atoms with van der Waals surface area (Å²) < 4.78 is 0. The van der Waals surface area contributed by atoms with E-state index in [1.54, 1.807) is 24.3 Å². The number of hydrogen-bond donors (Lipinski definition) is 3. The standard InChI is InChI=1S/C15H14N4O2S/c1-10-2-4-11(5-3-10)13(20)17-15(22)19-18-14(21)12-6-8-16-9-7-12/h2-9H,1H3,(H,18,21)(H2,17,19,20,22). The Morgan fingerprint density at radius 1 is 0.909 bits per heavy atom. The second-order valence-electron chi connectivity index (χ2n) is 4.46. The van der Waals surface area contributed by atoms with Crippen LogP contribution in [0.5, 0.6) is 0 Å². The molecule has 22 heavy (non-hydrogen) atoms. The quantitative estimate of drug-likeness (QED) is 0.575. The fraction of sp³-hybridized carbons (Fsp3) is 0.0667. The zero-order valence-electron chi connectivity index (χ0n) is 11.8. The van der Waals surface area contributed by atoms with Crippen LogP contribution in [0.15, 0.2) is 48.8 Å². The first kappa shape index (κ1) is 15.6. The third-order valence-corrected chi connectivity index (χ3v) is 2.98. The molecule has 0 aliphatic rings. The summed E-state index contributed by atoms with van der Waals surface area (Å²) in [4.78, 5) is 27.5. The van der Waals surface area contributed by atoms with E-state index in [2.05, 4.69) is 21.2 Å². The highest BCUT2D eigenvalue weighted by molar-refractivity contribution is 7.80. The van der Waals surface area contributed by atoms with Gasteiger partial charge in [0.25, 0.3) is 11.8 Å². The minimum Gasteiger partial charge on any atom is -0.298 e. The molecule has 1 aromatic heterocycles. The maximum atomic E-state index is 11.9. The summed E-state index contributed by atoms with van der Waals surface area (Å²) in [6, 6.07) is 10.2. The molecule has 7 heteroatoms. The van der Waals surface area contributed by atoms with Crippen LogP contribution in [0.2, 0.25) is 0 Å². The summed E-state index contributed by atoms with van der Waals surface area (Å²) in [5.41, 5.74) is 6.83. The smallest absolute Gasteiger partial charge is 0.269 e. The van der Waals surface area contributed by atoms with Gasteiger partial charge in [-0.15, -0.1) is 0 Å². The maximum absolute atomic E-state index is 11.9. The summed E-state index contributed by atoms with van der Waals surface area (Å²) in [6.45, 7) is 1.93. The van der Waals surface area contributed by atoms with Crippen molar-refractivity contribution in [1.29, 1.82) is 0 Å². The number of hydrazine groups is 1. The SMILES string of the molecule is Cc1ccc(C(=O)NC(=S)NNC(=O)c2ccncc2)cc1. The number of hydrogen-bond acceptors (Lipinski definition) is 4. The molecule has 2 rings (SSSR count). The largest absolute Gasteiger partial charge is 0.298 e. The summed E-state index contributed by atoms with van der Waals surface area (Å²) >= 11 is 4.95. The van der Waals surface area contributed by atoms with E-state index >= 15 is 0 Å². The molecule has 0 unspecified atom stereocenters. The number of pyridine rings is 1. The molecule has 6 nitrogen and oxygen atoms in total. The summed E-state index contributed by atoms with van der Waals surface area (Å²) in [7, 11) is 0. The van der Waals surface area contributed by atoms with E-state index in [1.165, 1.54) is 12.4 Å². The van der Waals surface area contributed by atoms with Crippen molar-refractivity contribution < 1.29 is 9.59 Å². The summed E-state index contributed by atoms with van der Waals surface area (Å²) in [6.07, 6.45) is 3.01. The Bertz CT molecular complexity index is 686. The fourth-order valence-electron chi connectivity index (χ4n) is 1.60. The Labute approximate surface area is 132 Å². The van der Waals surface area contributed by atoms with Gasteiger partial charge in [-0.25, -0.2) is 0 Å². The number of carbonyl (C=O) groups is 2. The minimum atomic E-state index is -0.380. The molecule has 1 heterocycles. The molecule has 2 amide bonds. The first-order valence-electron chi connectivity index (χ1n) is 6.44. The lowest BCUT2D eigenvalue weighted by molar-refractivity contribution is 0.0934. The monoisotopic (exact) mass is 314 g/mol. The van der Waals surface area contributed by atoms with Crippen LogP contribution >= 0.6 is 12.2 Å². The number of amides is 2. The van der Waals surface area contributed by atoms with Gasteiger partial charge in [0, 0.05) is 23.5 Å². The van der Waals surface area contributed by atoms with Gasteiger partial charge < -0.3 is 0 Å². The number of carbonyl (C=O) groups excluding carboxylic acids is 2. The molecule has 0 aliphatic heterocycles. The number of aryl methyl sites for hydroxylation is 1. The molecule has 0 spiro atoms. The molecule has 0 saturated heterocycles. The van der Waals surface area contributed by atoms with Crippen molar-refractivity contribution in [2.75, 3.05) is 0 Å². The van der Waals surface area contributed by atoms with Crippen molar-refractivity contribution >= 4 is 29.1 Å². The Balaban J connectivity index is 1.84. The molecule has 0 atom stereocenters. The fourth-order valence-corrected chi connectivity index (χ4v) is 1.74. The van der Waals surface area contributed by atoms with Crippen LogP contribution in [0, 0.1) is 6.92 Å². The average Bonchev–Trinajstić information content (AvgIpc) is 2.54. The molecule has 0 aliphatic carbocycles. The van der Waals surface area contributed by atoms with Crippen LogP contribution < -0.4 is 16.2 Å². The molecule has 0 fully saturated rings. The second kappa shape index (κ2) is 7.28. The third kappa shape index (κ3) is 4.35. The molecule has 112 valence electrons. The van der Waals surface area contributed by atoms with Crippen molar-refractivity contribution in [2.24, 2.45) is 0 Å². The van der Waals surface area contributed by atoms with E-state index in [1.807, 2.05) is 19.1 Å². The first-order chi connectivity index (χ1) is 10.6. The lowest BCUT2D eigenvalue weighted by Gasteiger charge is -2.10. The Morgan fingerprint density at radius 3 is 2.14 bits per heavy atom. The lowest BCUT2D eigenvalue weighted by atomic mass is 10.1. The average molecular weight is 314 g/mol. The number of aromatic nitrogens is 1. The van der Waals surface area contributed by atoms with E-state index in [-0.39, 0.29) is 16.9 Å². The van der Waals surface area contributed by atoms with Crippen molar-refractivity contribution in [2.45, 2.75) is 6.92 Å². The normalized spacial score (nSPS) is 9.68. The number of nitrogens with zero attached hydrogens (tertiary/aromatic N) is 1. The minimum absolute atomic E-state index is 0.00739. The van der Waals surface area contributed by atoms with Crippen LogP contribution in [0.3, 0.4) is 0 Å². The van der Waals surface area contributed by atoms with Crippen molar-refractivity contribution in [3.63, 3.8) is 0 Å². The van der Waals surface area contributed by atoms with E-state index in [0.717, 1.165) is 5.56 Å². The van der Waals surface area contributed by atoms with Gasteiger partial charge in [0.15, 0.2) is 5.11 Å². The maximum Gasteiger partial charge on any atom is 0.269 e. The topological polar surface area (TPSA) is 83.1 Å². The van der Waals surface area contributed by atoms with E-state index in [0.29, 0.717) is 11.1 Å². The van der Waals surface area contributed by atoms with Crippen molar-refractivity contribution in [3.8, 4) is 0 Å². The van der Waals surface area contributed by atoms with Crippen LogP contribution in [-0.2, 0) is 0 Å². The number of rotatable bonds is 2. The first-order valence-corrected chi connectivity index (χ1v) is 6.85. The number of thiocarbonyl (C=S) groups is 1.